The Morgan fingerprint density at radius 3 is 2.52 bits per heavy atom. The van der Waals surface area contributed by atoms with E-state index < -0.39 is 0 Å². The van der Waals surface area contributed by atoms with Gasteiger partial charge in [-0.2, -0.15) is 0 Å². The molecule has 0 aromatic heterocycles. The average Bonchev–Trinajstić information content (AvgIpc) is 2.87. The van der Waals surface area contributed by atoms with Crippen LogP contribution >= 0.6 is 11.6 Å². The number of benzene rings is 1. The molecule has 1 aliphatic carbocycles. The largest absolute Gasteiger partial charge is 0.310 e. The van der Waals surface area contributed by atoms with Gasteiger partial charge < -0.3 is 5.32 Å². The molecule has 0 amide bonds. The van der Waals surface area contributed by atoms with E-state index in [2.05, 4.69) is 26.1 Å². The van der Waals surface area contributed by atoms with Gasteiger partial charge in [0, 0.05) is 11.1 Å². The molecule has 1 fully saturated rings. The monoisotopic (exact) mass is 311 g/mol. The van der Waals surface area contributed by atoms with Crippen LogP contribution in [0.2, 0.25) is 5.02 Å². The molecule has 3 heteroatoms. The average molecular weight is 312 g/mol. The summed E-state index contributed by atoms with van der Waals surface area (Å²) in [5.41, 5.74) is 1.14. The molecule has 0 spiro atoms. The van der Waals surface area contributed by atoms with Crippen LogP contribution in [0.1, 0.15) is 64.5 Å². The lowest BCUT2D eigenvalue weighted by atomic mass is 9.70. The van der Waals surface area contributed by atoms with E-state index in [4.69, 9.17) is 11.6 Å². The van der Waals surface area contributed by atoms with Gasteiger partial charge in [-0.15, -0.1) is 0 Å². The van der Waals surface area contributed by atoms with Gasteiger partial charge in [0.25, 0.3) is 0 Å². The fourth-order valence-corrected chi connectivity index (χ4v) is 4.33. The first-order valence-corrected chi connectivity index (χ1v) is 8.54. The first-order chi connectivity index (χ1) is 9.98. The van der Waals surface area contributed by atoms with Crippen LogP contribution in [-0.2, 0) is 0 Å². The number of hydrogen-bond acceptors (Lipinski definition) is 1. The van der Waals surface area contributed by atoms with E-state index in [9.17, 15) is 4.39 Å². The summed E-state index contributed by atoms with van der Waals surface area (Å²) in [6, 6.07) is 4.90. The van der Waals surface area contributed by atoms with E-state index >= 15 is 0 Å². The summed E-state index contributed by atoms with van der Waals surface area (Å²) in [4.78, 5) is 0. The van der Waals surface area contributed by atoms with Crippen molar-refractivity contribution in [3.63, 3.8) is 0 Å². The molecule has 1 atom stereocenters. The van der Waals surface area contributed by atoms with E-state index in [1.807, 2.05) is 0 Å². The number of hydrogen-bond donors (Lipinski definition) is 1. The maximum Gasteiger partial charge on any atom is 0.123 e. The molecule has 0 radical (unpaired) electrons. The molecule has 0 bridgehead atoms. The van der Waals surface area contributed by atoms with Crippen LogP contribution in [0.3, 0.4) is 0 Å². The van der Waals surface area contributed by atoms with Gasteiger partial charge >= 0.3 is 0 Å². The molecule has 1 aliphatic rings. The molecule has 0 saturated heterocycles. The molecule has 1 nitrogen and oxygen atoms in total. The molecule has 1 aromatic carbocycles. The molecular formula is C18H27ClFN. The zero-order valence-corrected chi connectivity index (χ0v) is 14.1. The van der Waals surface area contributed by atoms with E-state index in [1.54, 1.807) is 12.1 Å². The zero-order valence-electron chi connectivity index (χ0n) is 13.4. The second-order valence-electron chi connectivity index (χ2n) is 6.82. The smallest absolute Gasteiger partial charge is 0.123 e. The van der Waals surface area contributed by atoms with Crippen molar-refractivity contribution in [2.75, 3.05) is 6.54 Å². The molecular weight excluding hydrogens is 285 g/mol. The van der Waals surface area contributed by atoms with Crippen LogP contribution in [-0.4, -0.2) is 6.54 Å². The highest BCUT2D eigenvalue weighted by atomic mass is 35.5. The molecule has 1 aromatic rings. The second kappa shape index (κ2) is 7.11. The van der Waals surface area contributed by atoms with Gasteiger partial charge in [-0.25, -0.2) is 4.39 Å². The van der Waals surface area contributed by atoms with Crippen LogP contribution in [0.25, 0.3) is 0 Å². The summed E-state index contributed by atoms with van der Waals surface area (Å²) in [7, 11) is 0. The Labute approximate surface area is 133 Å². The van der Waals surface area contributed by atoms with Gasteiger partial charge in [0.15, 0.2) is 0 Å². The number of rotatable bonds is 6. The van der Waals surface area contributed by atoms with E-state index in [-0.39, 0.29) is 17.3 Å². The molecule has 0 heterocycles. The van der Waals surface area contributed by atoms with Crippen molar-refractivity contribution in [3.8, 4) is 0 Å². The minimum Gasteiger partial charge on any atom is -0.310 e. The summed E-state index contributed by atoms with van der Waals surface area (Å²) in [5, 5.41) is 4.28. The lowest BCUT2D eigenvalue weighted by molar-refractivity contribution is 0.156. The molecule has 1 saturated carbocycles. The van der Waals surface area contributed by atoms with Crippen LogP contribution in [0, 0.1) is 17.2 Å². The fraction of sp³-hybridized carbons (Fsp3) is 0.667. The highest BCUT2D eigenvalue weighted by molar-refractivity contribution is 6.31. The molecule has 21 heavy (non-hydrogen) atoms. The summed E-state index contributed by atoms with van der Waals surface area (Å²) in [6.45, 7) is 7.53. The Hall–Kier alpha value is -0.600. The van der Waals surface area contributed by atoms with Crippen LogP contribution in [0.5, 0.6) is 0 Å². The van der Waals surface area contributed by atoms with Crippen molar-refractivity contribution in [2.24, 2.45) is 11.3 Å². The quantitative estimate of drug-likeness (QED) is 0.706. The predicted octanol–water partition coefficient (Wildman–Crippen LogP) is 5.74. The summed E-state index contributed by atoms with van der Waals surface area (Å²) in [5.74, 6) is 0.437. The minimum atomic E-state index is -0.199. The second-order valence-corrected chi connectivity index (χ2v) is 7.23. The first kappa shape index (κ1) is 16.8. The molecule has 1 unspecified atom stereocenters. The van der Waals surface area contributed by atoms with Crippen LogP contribution < -0.4 is 5.32 Å². The zero-order chi connectivity index (χ0) is 15.5. The first-order valence-electron chi connectivity index (χ1n) is 8.17. The Bertz CT molecular complexity index is 466. The number of halogens is 2. The van der Waals surface area contributed by atoms with Gasteiger partial charge in [-0.3, -0.25) is 0 Å². The summed E-state index contributed by atoms with van der Waals surface area (Å²) in [6.07, 6.45) is 6.10. The highest BCUT2D eigenvalue weighted by Gasteiger charge is 2.42. The number of nitrogens with one attached hydrogen (secondary N) is 1. The summed E-state index contributed by atoms with van der Waals surface area (Å²) >= 11 is 6.40. The molecule has 118 valence electrons. The van der Waals surface area contributed by atoms with Crippen molar-refractivity contribution in [2.45, 2.75) is 58.9 Å². The van der Waals surface area contributed by atoms with Crippen LogP contribution in [0.15, 0.2) is 18.2 Å². The van der Waals surface area contributed by atoms with Gasteiger partial charge in [0.1, 0.15) is 5.82 Å². The fourth-order valence-electron chi connectivity index (χ4n) is 4.10. The van der Waals surface area contributed by atoms with Gasteiger partial charge in [0.2, 0.25) is 0 Å². The van der Waals surface area contributed by atoms with Crippen molar-refractivity contribution >= 4 is 11.6 Å². The lowest BCUT2D eigenvalue weighted by Gasteiger charge is -2.40. The lowest BCUT2D eigenvalue weighted by Crippen LogP contribution is -2.37. The highest BCUT2D eigenvalue weighted by Crippen LogP contribution is 2.52. The van der Waals surface area contributed by atoms with Crippen molar-refractivity contribution in [1.29, 1.82) is 0 Å². The third-order valence-corrected chi connectivity index (χ3v) is 5.05. The van der Waals surface area contributed by atoms with Gasteiger partial charge in [-0.05, 0) is 60.9 Å². The van der Waals surface area contributed by atoms with Crippen molar-refractivity contribution < 1.29 is 4.39 Å². The Balaban J connectivity index is 2.42. The standard InChI is InChI=1S/C18H27ClFN/c1-4-21-17(15-11-14(20)7-8-16(15)19)18(12-13(2)3)9-5-6-10-18/h7-8,11,13,17,21H,4-6,9-10,12H2,1-3H3. The normalized spacial score (nSPS) is 19.1. The van der Waals surface area contributed by atoms with Crippen LogP contribution in [0.4, 0.5) is 4.39 Å². The topological polar surface area (TPSA) is 12.0 Å². The minimum absolute atomic E-state index is 0.149. The molecule has 0 aliphatic heterocycles. The van der Waals surface area contributed by atoms with E-state index in [0.717, 1.165) is 18.5 Å². The van der Waals surface area contributed by atoms with Crippen molar-refractivity contribution in [3.05, 3.63) is 34.6 Å². The van der Waals surface area contributed by atoms with E-state index in [0.29, 0.717) is 10.9 Å². The van der Waals surface area contributed by atoms with Gasteiger partial charge in [-0.1, -0.05) is 45.2 Å². The Kier molecular flexibility index (Phi) is 5.67. The molecule has 1 N–H and O–H groups in total. The van der Waals surface area contributed by atoms with E-state index in [1.165, 1.54) is 31.7 Å². The van der Waals surface area contributed by atoms with Gasteiger partial charge in [0.05, 0.1) is 0 Å². The molecule has 2 rings (SSSR count). The SMILES string of the molecule is CCNC(c1cc(F)ccc1Cl)C1(CC(C)C)CCCC1. The summed E-state index contributed by atoms with van der Waals surface area (Å²) < 4.78 is 13.7. The third-order valence-electron chi connectivity index (χ3n) is 4.70. The maximum atomic E-state index is 13.7. The predicted molar refractivity (Wildman–Crippen MR) is 88.2 cm³/mol. The third kappa shape index (κ3) is 3.78. The van der Waals surface area contributed by atoms with Crippen molar-refractivity contribution in [1.82, 2.24) is 5.32 Å². The Morgan fingerprint density at radius 1 is 1.29 bits per heavy atom. The Morgan fingerprint density at radius 2 is 1.95 bits per heavy atom. The maximum absolute atomic E-state index is 13.7.